The maximum absolute atomic E-state index is 14.2. The Hall–Kier alpha value is -5.15. The number of hydrazine groups is 1. The van der Waals surface area contributed by atoms with Crippen LogP contribution in [0, 0.1) is 23.6 Å². The molecule has 0 saturated carbocycles. The molecule has 2 unspecified atom stereocenters. The van der Waals surface area contributed by atoms with E-state index in [9.17, 15) is 48.5 Å². The number of nitrogens with one attached hydrogen (secondary N) is 3. The summed E-state index contributed by atoms with van der Waals surface area (Å²) in [6.07, 6.45) is 13.5. The van der Waals surface area contributed by atoms with Crippen LogP contribution in [0.15, 0.2) is 66.3 Å². The largest absolute Gasteiger partial charge is 0.548 e. The SMILES string of the molecule is CCOC(=O)/C=C/C=C(\C)CC/C=C/C=C/C[C@H](C)[C@@H](O)[C@@H](CCC(C)=O)C(=O)N[C@H](C(=O)NC(Cc1cc(O)cc(F)c1)C(=O)N1CCCC(C(=O)[O-])N1)C(C)C. The number of hydrogen-bond acceptors (Lipinski definition) is 11. The number of benzene rings is 1. The van der Waals surface area contributed by atoms with Crippen molar-refractivity contribution in [2.75, 3.05) is 13.2 Å². The number of hydrogen-bond donors (Lipinski definition) is 5. The molecule has 58 heavy (non-hydrogen) atoms. The maximum Gasteiger partial charge on any atom is 0.330 e. The molecule has 0 spiro atoms. The van der Waals surface area contributed by atoms with Crippen molar-refractivity contribution in [3.63, 3.8) is 0 Å². The highest BCUT2D eigenvalue weighted by atomic mass is 19.1. The first-order valence-electron chi connectivity index (χ1n) is 19.8. The van der Waals surface area contributed by atoms with Crippen molar-refractivity contribution in [2.45, 2.75) is 117 Å². The number of Topliss-reactive ketones (excluding diaryl/α,β-unsaturated/α-hetero) is 1. The van der Waals surface area contributed by atoms with Gasteiger partial charge < -0.3 is 40.3 Å². The van der Waals surface area contributed by atoms with Crippen molar-refractivity contribution in [3.8, 4) is 5.75 Å². The Bertz CT molecular complexity index is 1670. The van der Waals surface area contributed by atoms with Gasteiger partial charge in [-0.2, -0.15) is 0 Å². The van der Waals surface area contributed by atoms with E-state index in [1.807, 2.05) is 37.3 Å². The second-order valence-electron chi connectivity index (χ2n) is 15.0. The second-order valence-corrected chi connectivity index (χ2v) is 15.0. The second kappa shape index (κ2) is 25.3. The van der Waals surface area contributed by atoms with Gasteiger partial charge in [-0.15, -0.1) is 0 Å². The first-order valence-corrected chi connectivity index (χ1v) is 19.8. The predicted molar refractivity (Wildman–Crippen MR) is 214 cm³/mol. The van der Waals surface area contributed by atoms with Crippen LogP contribution in [0.2, 0.25) is 0 Å². The molecule has 0 aromatic heterocycles. The van der Waals surface area contributed by atoms with Crippen LogP contribution in [0.25, 0.3) is 0 Å². The van der Waals surface area contributed by atoms with Crippen LogP contribution < -0.4 is 21.2 Å². The van der Waals surface area contributed by atoms with E-state index < -0.39 is 83.2 Å². The van der Waals surface area contributed by atoms with E-state index in [0.29, 0.717) is 19.4 Å². The van der Waals surface area contributed by atoms with Gasteiger partial charge in [-0.05, 0) is 88.8 Å². The summed E-state index contributed by atoms with van der Waals surface area (Å²) in [7, 11) is 0. The molecule has 1 saturated heterocycles. The van der Waals surface area contributed by atoms with Gasteiger partial charge in [0.1, 0.15) is 29.4 Å². The molecular weight excluding hydrogens is 751 g/mol. The maximum atomic E-state index is 14.2. The molecule has 5 N–H and O–H groups in total. The minimum absolute atomic E-state index is 0.0121. The standard InChI is InChI=1S/C43H61FN4O10/c1-7-58-37(51)19-13-16-28(4)15-11-9-8-10-12-17-29(5)39(52)34(21-20-30(6)49)40(53)46-38(27(2)3)41(54)45-36(25-31-23-32(44)26-33(50)24-31)42(55)48-22-14-18-35(47-48)43(56)57/h8-10,12-13,16,19,23-24,26-27,29,34-36,38-39,47,50,52H,7,11,14-15,17-18,20-22,25H2,1-6H3,(H,45,54)(H,46,53)(H,56,57)/p-1/b9-8+,12-10+,19-13+,28-16+/t29-,34+,35?,36?,38-,39+/m0/s1. The Balaban J connectivity index is 2.17. The Morgan fingerprint density at radius 1 is 1.02 bits per heavy atom. The number of aromatic hydroxyl groups is 1. The van der Waals surface area contributed by atoms with Crippen molar-refractivity contribution in [1.82, 2.24) is 21.1 Å². The number of aliphatic carboxylic acids is 1. The number of aliphatic hydroxyl groups excluding tert-OH is 1. The van der Waals surface area contributed by atoms with Crippen molar-refractivity contribution in [1.29, 1.82) is 0 Å². The van der Waals surface area contributed by atoms with E-state index in [2.05, 4.69) is 16.1 Å². The summed E-state index contributed by atoms with van der Waals surface area (Å²) < 4.78 is 19.1. The average molecular weight is 812 g/mol. The van der Waals surface area contributed by atoms with E-state index in [0.717, 1.165) is 35.6 Å². The summed E-state index contributed by atoms with van der Waals surface area (Å²) in [5, 5.41) is 39.4. The number of carbonyl (C=O) groups is 6. The normalized spacial score (nSPS) is 17.6. The van der Waals surface area contributed by atoms with Gasteiger partial charge in [0.05, 0.1) is 30.6 Å². The number of carboxylic acids is 1. The minimum Gasteiger partial charge on any atom is -0.548 e. The van der Waals surface area contributed by atoms with Crippen LogP contribution in [0.3, 0.4) is 0 Å². The molecule has 320 valence electrons. The topological polar surface area (TPSA) is 214 Å². The van der Waals surface area contributed by atoms with E-state index >= 15 is 0 Å². The van der Waals surface area contributed by atoms with Crippen LogP contribution in [0.1, 0.15) is 92.1 Å². The molecular formula is C43H60FN4O10-. The monoisotopic (exact) mass is 811 g/mol. The van der Waals surface area contributed by atoms with E-state index in [1.165, 1.54) is 19.1 Å². The van der Waals surface area contributed by atoms with Gasteiger partial charge >= 0.3 is 5.97 Å². The number of carbonyl (C=O) groups excluding carboxylic acids is 6. The van der Waals surface area contributed by atoms with Crippen molar-refractivity contribution >= 4 is 35.4 Å². The molecule has 6 atom stereocenters. The lowest BCUT2D eigenvalue weighted by Crippen LogP contribution is -2.63. The van der Waals surface area contributed by atoms with Gasteiger partial charge in [-0.1, -0.05) is 62.8 Å². The van der Waals surface area contributed by atoms with E-state index in [4.69, 9.17) is 4.74 Å². The molecule has 1 aromatic carbocycles. The number of rotatable bonds is 23. The summed E-state index contributed by atoms with van der Waals surface area (Å²) in [6.45, 7) is 10.6. The van der Waals surface area contributed by atoms with E-state index in [1.54, 1.807) is 33.8 Å². The van der Waals surface area contributed by atoms with E-state index in [-0.39, 0.29) is 43.6 Å². The van der Waals surface area contributed by atoms with Gasteiger partial charge in [-0.3, -0.25) is 19.4 Å². The quantitative estimate of drug-likeness (QED) is 0.0615. The Morgan fingerprint density at radius 3 is 2.36 bits per heavy atom. The molecule has 1 aliphatic heterocycles. The number of aliphatic hydroxyl groups is 1. The molecule has 1 fully saturated rings. The fourth-order valence-corrected chi connectivity index (χ4v) is 6.32. The molecule has 3 amide bonds. The number of amides is 3. The molecule has 14 nitrogen and oxygen atoms in total. The zero-order valence-corrected chi connectivity index (χ0v) is 34.4. The molecule has 0 aliphatic carbocycles. The smallest absolute Gasteiger partial charge is 0.330 e. The predicted octanol–water partition coefficient (Wildman–Crippen LogP) is 3.28. The fourth-order valence-electron chi connectivity index (χ4n) is 6.32. The van der Waals surface area contributed by atoms with Crippen LogP contribution >= 0.6 is 0 Å². The summed E-state index contributed by atoms with van der Waals surface area (Å²) in [5.74, 6) is -7.31. The number of phenolic OH excluding ortho intramolecular Hbond substituents is 1. The lowest BCUT2D eigenvalue weighted by Gasteiger charge is -2.37. The minimum atomic E-state index is -1.41. The van der Waals surface area contributed by atoms with Crippen LogP contribution in [0.4, 0.5) is 4.39 Å². The van der Waals surface area contributed by atoms with Gasteiger partial charge in [0.2, 0.25) is 11.8 Å². The Morgan fingerprint density at radius 2 is 1.72 bits per heavy atom. The first-order chi connectivity index (χ1) is 27.4. The molecule has 1 aromatic rings. The lowest BCUT2D eigenvalue weighted by molar-refractivity contribution is -0.310. The summed E-state index contributed by atoms with van der Waals surface area (Å²) in [5.41, 5.74) is 3.85. The van der Waals surface area contributed by atoms with Crippen molar-refractivity contribution < 1.29 is 53.2 Å². The van der Waals surface area contributed by atoms with Crippen LogP contribution in [-0.4, -0.2) is 88.0 Å². The number of halogens is 1. The third-order valence-electron chi connectivity index (χ3n) is 9.62. The highest BCUT2D eigenvalue weighted by Gasteiger charge is 2.36. The number of nitrogens with zero attached hydrogens (tertiary/aromatic N) is 1. The summed E-state index contributed by atoms with van der Waals surface area (Å²) >= 11 is 0. The zero-order valence-electron chi connectivity index (χ0n) is 34.4. The molecule has 0 bridgehead atoms. The summed E-state index contributed by atoms with van der Waals surface area (Å²) in [6, 6.07) is -0.541. The summed E-state index contributed by atoms with van der Waals surface area (Å²) in [4.78, 5) is 76.4. The third-order valence-corrected chi connectivity index (χ3v) is 9.62. The van der Waals surface area contributed by atoms with Crippen LogP contribution in [0.5, 0.6) is 5.75 Å². The molecule has 1 aliphatic rings. The number of carboxylic acid groups (broad SMARTS) is 1. The molecule has 0 radical (unpaired) electrons. The fraction of sp³-hybridized carbons (Fsp3) is 0.535. The lowest BCUT2D eigenvalue weighted by atomic mass is 9.85. The number of phenols is 1. The number of esters is 1. The first kappa shape index (κ1) is 49.0. The zero-order chi connectivity index (χ0) is 43.4. The number of allylic oxidation sites excluding steroid dienone is 7. The third kappa shape index (κ3) is 17.6. The van der Waals surface area contributed by atoms with Gasteiger partial charge in [0, 0.05) is 31.5 Å². The van der Waals surface area contributed by atoms with Gasteiger partial charge in [-0.25, -0.2) is 14.6 Å². The highest BCUT2D eigenvalue weighted by Crippen LogP contribution is 2.23. The van der Waals surface area contributed by atoms with Gasteiger partial charge in [0.25, 0.3) is 5.91 Å². The number of ketones is 1. The number of ether oxygens (including phenoxy) is 1. The Kier molecular flexibility index (Phi) is 21.3. The molecule has 1 heterocycles. The molecule has 2 rings (SSSR count). The molecule has 15 heteroatoms. The van der Waals surface area contributed by atoms with Crippen LogP contribution in [-0.2, 0) is 39.9 Å². The average Bonchev–Trinajstić information content (AvgIpc) is 3.15. The highest BCUT2D eigenvalue weighted by molar-refractivity contribution is 5.93. The van der Waals surface area contributed by atoms with Gasteiger partial charge in [0.15, 0.2) is 0 Å². The van der Waals surface area contributed by atoms with Crippen molar-refractivity contribution in [2.24, 2.45) is 17.8 Å². The Labute approximate surface area is 340 Å². The van der Waals surface area contributed by atoms with Crippen molar-refractivity contribution in [3.05, 3.63) is 77.7 Å².